The lowest BCUT2D eigenvalue weighted by molar-refractivity contribution is 0.435. The Morgan fingerprint density at radius 2 is 1.17 bits per heavy atom. The molecule has 0 aromatic rings. The van der Waals surface area contributed by atoms with Crippen LogP contribution in [0.3, 0.4) is 0 Å². The minimum absolute atomic E-state index is 0.253. The van der Waals surface area contributed by atoms with E-state index in [1.807, 2.05) is 0 Å². The van der Waals surface area contributed by atoms with Crippen LogP contribution in [0.25, 0.3) is 0 Å². The van der Waals surface area contributed by atoms with Crippen LogP contribution in [-0.4, -0.2) is 6.29 Å². The fourth-order valence-corrected chi connectivity index (χ4v) is 1.93. The maximum Gasteiger partial charge on any atom is 0.201 e. The molecular formula is C11H19O. The third-order valence-corrected chi connectivity index (χ3v) is 2.77. The van der Waals surface area contributed by atoms with E-state index in [4.69, 9.17) is 0 Å². The van der Waals surface area contributed by atoms with E-state index in [1.165, 1.54) is 44.9 Å². The standard InChI is InChI=1S/C11H19O/c12-10-11-8-6-4-2-1-3-5-7-9-11/h11H,1-9H2. The molecule has 0 amide bonds. The van der Waals surface area contributed by atoms with Crippen LogP contribution >= 0.6 is 0 Å². The van der Waals surface area contributed by atoms with Crippen molar-refractivity contribution in [2.24, 2.45) is 5.92 Å². The molecule has 0 unspecified atom stereocenters. The van der Waals surface area contributed by atoms with E-state index in [9.17, 15) is 4.79 Å². The van der Waals surface area contributed by atoms with Gasteiger partial charge in [0.05, 0.1) is 0 Å². The number of hydrogen-bond donors (Lipinski definition) is 0. The van der Waals surface area contributed by atoms with Crippen LogP contribution in [0.5, 0.6) is 0 Å². The van der Waals surface area contributed by atoms with Gasteiger partial charge < -0.3 is 0 Å². The molecule has 0 aromatic heterocycles. The van der Waals surface area contributed by atoms with Crippen molar-refractivity contribution in [1.29, 1.82) is 0 Å². The van der Waals surface area contributed by atoms with Crippen molar-refractivity contribution in [2.75, 3.05) is 0 Å². The molecular weight excluding hydrogens is 148 g/mol. The summed E-state index contributed by atoms with van der Waals surface area (Å²) in [5.74, 6) is 0.253. The first kappa shape index (κ1) is 9.76. The minimum atomic E-state index is 0.253. The first-order valence-corrected chi connectivity index (χ1v) is 5.31. The van der Waals surface area contributed by atoms with Gasteiger partial charge in [0.1, 0.15) is 0 Å². The number of hydrogen-bond acceptors (Lipinski definition) is 1. The average molecular weight is 167 g/mol. The lowest BCUT2D eigenvalue weighted by Gasteiger charge is -2.11. The van der Waals surface area contributed by atoms with Crippen LogP contribution < -0.4 is 0 Å². The quantitative estimate of drug-likeness (QED) is 0.586. The van der Waals surface area contributed by atoms with Gasteiger partial charge in [-0.3, -0.25) is 4.79 Å². The smallest absolute Gasteiger partial charge is 0.201 e. The van der Waals surface area contributed by atoms with E-state index < -0.39 is 0 Å². The van der Waals surface area contributed by atoms with Gasteiger partial charge in [0.2, 0.25) is 6.29 Å². The molecule has 0 atom stereocenters. The van der Waals surface area contributed by atoms with Gasteiger partial charge in [-0.2, -0.15) is 0 Å². The first-order chi connectivity index (χ1) is 5.93. The van der Waals surface area contributed by atoms with Crippen LogP contribution in [0.15, 0.2) is 0 Å². The maximum absolute atomic E-state index is 10.5. The highest BCUT2D eigenvalue weighted by molar-refractivity contribution is 5.54. The molecule has 1 radical (unpaired) electrons. The van der Waals surface area contributed by atoms with Gasteiger partial charge in [-0.15, -0.1) is 0 Å². The van der Waals surface area contributed by atoms with E-state index in [-0.39, 0.29) is 5.92 Å². The molecule has 1 aliphatic rings. The Balaban J connectivity index is 2.21. The van der Waals surface area contributed by atoms with Crippen molar-refractivity contribution in [3.05, 3.63) is 0 Å². The second kappa shape index (κ2) is 6.22. The van der Waals surface area contributed by atoms with E-state index in [0.717, 1.165) is 12.8 Å². The summed E-state index contributed by atoms with van der Waals surface area (Å²) in [5, 5.41) is 0. The second-order valence-corrected chi connectivity index (χ2v) is 3.87. The van der Waals surface area contributed by atoms with Crippen molar-refractivity contribution >= 4 is 6.29 Å². The van der Waals surface area contributed by atoms with Crippen molar-refractivity contribution in [1.82, 2.24) is 0 Å². The lowest BCUT2D eigenvalue weighted by atomic mass is 9.93. The molecule has 0 aromatic carbocycles. The van der Waals surface area contributed by atoms with Gasteiger partial charge in [-0.25, -0.2) is 0 Å². The zero-order chi connectivity index (χ0) is 8.65. The molecule has 1 rings (SSSR count). The molecule has 0 heterocycles. The Labute approximate surface area is 75.5 Å². The summed E-state index contributed by atoms with van der Waals surface area (Å²) in [4.78, 5) is 10.5. The number of rotatable bonds is 1. The molecule has 0 aliphatic heterocycles. The van der Waals surface area contributed by atoms with Gasteiger partial charge in [0.25, 0.3) is 0 Å². The lowest BCUT2D eigenvalue weighted by Crippen LogP contribution is -2.03. The first-order valence-electron chi connectivity index (χ1n) is 5.31. The Morgan fingerprint density at radius 3 is 1.58 bits per heavy atom. The van der Waals surface area contributed by atoms with Crippen molar-refractivity contribution in [2.45, 2.75) is 57.8 Å². The SMILES string of the molecule is O=[C]C1CCCCCCCCC1. The minimum Gasteiger partial charge on any atom is -0.291 e. The fourth-order valence-electron chi connectivity index (χ4n) is 1.93. The molecule has 0 bridgehead atoms. The highest BCUT2D eigenvalue weighted by atomic mass is 16.1. The number of carbonyl (C=O) groups excluding carboxylic acids is 1. The van der Waals surface area contributed by atoms with E-state index >= 15 is 0 Å². The van der Waals surface area contributed by atoms with Gasteiger partial charge in [-0.1, -0.05) is 44.9 Å². The summed E-state index contributed by atoms with van der Waals surface area (Å²) < 4.78 is 0. The van der Waals surface area contributed by atoms with Gasteiger partial charge >= 0.3 is 0 Å². The van der Waals surface area contributed by atoms with Crippen molar-refractivity contribution in [3.8, 4) is 0 Å². The van der Waals surface area contributed by atoms with Crippen LogP contribution in [0, 0.1) is 5.92 Å². The zero-order valence-corrected chi connectivity index (χ0v) is 7.85. The summed E-state index contributed by atoms with van der Waals surface area (Å²) in [7, 11) is 0. The van der Waals surface area contributed by atoms with E-state index in [0.29, 0.717) is 0 Å². The van der Waals surface area contributed by atoms with Crippen LogP contribution in [-0.2, 0) is 4.79 Å². The highest BCUT2D eigenvalue weighted by Gasteiger charge is 2.08. The second-order valence-electron chi connectivity index (χ2n) is 3.87. The van der Waals surface area contributed by atoms with E-state index in [2.05, 4.69) is 6.29 Å². The van der Waals surface area contributed by atoms with Crippen molar-refractivity contribution < 1.29 is 4.79 Å². The molecule has 69 valence electrons. The Hall–Kier alpha value is -0.330. The Morgan fingerprint density at radius 1 is 0.750 bits per heavy atom. The summed E-state index contributed by atoms with van der Waals surface area (Å²) in [6, 6.07) is 0. The van der Waals surface area contributed by atoms with Crippen LogP contribution in [0.2, 0.25) is 0 Å². The van der Waals surface area contributed by atoms with Gasteiger partial charge in [-0.05, 0) is 12.8 Å². The Kier molecular flexibility index (Phi) is 5.05. The third kappa shape index (κ3) is 3.89. The third-order valence-electron chi connectivity index (χ3n) is 2.77. The summed E-state index contributed by atoms with van der Waals surface area (Å²) in [6.45, 7) is 0. The van der Waals surface area contributed by atoms with Gasteiger partial charge in [0, 0.05) is 5.92 Å². The fraction of sp³-hybridized carbons (Fsp3) is 0.909. The van der Waals surface area contributed by atoms with Crippen LogP contribution in [0.4, 0.5) is 0 Å². The largest absolute Gasteiger partial charge is 0.291 e. The molecule has 12 heavy (non-hydrogen) atoms. The molecule has 0 N–H and O–H groups in total. The topological polar surface area (TPSA) is 17.1 Å². The Bertz CT molecular complexity index is 110. The highest BCUT2D eigenvalue weighted by Crippen LogP contribution is 2.19. The summed E-state index contributed by atoms with van der Waals surface area (Å²) in [5.41, 5.74) is 0. The molecule has 0 saturated heterocycles. The monoisotopic (exact) mass is 167 g/mol. The average Bonchev–Trinajstić information content (AvgIpc) is 2.14. The van der Waals surface area contributed by atoms with Crippen LogP contribution in [0.1, 0.15) is 57.8 Å². The zero-order valence-electron chi connectivity index (χ0n) is 7.85. The maximum atomic E-state index is 10.5. The summed E-state index contributed by atoms with van der Waals surface area (Å²) in [6.07, 6.45) is 13.6. The van der Waals surface area contributed by atoms with E-state index in [1.54, 1.807) is 0 Å². The summed E-state index contributed by atoms with van der Waals surface area (Å²) >= 11 is 0. The molecule has 1 fully saturated rings. The predicted octanol–water partition coefficient (Wildman–Crippen LogP) is 3.24. The predicted molar refractivity (Wildman–Crippen MR) is 50.7 cm³/mol. The molecule has 1 nitrogen and oxygen atoms in total. The molecule has 1 heteroatoms. The molecule has 0 spiro atoms. The molecule has 1 aliphatic carbocycles. The molecule has 1 saturated carbocycles. The van der Waals surface area contributed by atoms with Gasteiger partial charge in [0.15, 0.2) is 0 Å². The normalized spacial score (nSPS) is 23.3. The van der Waals surface area contributed by atoms with Crippen molar-refractivity contribution in [3.63, 3.8) is 0 Å².